The smallest absolute Gasteiger partial charge is 0.326 e. The monoisotopic (exact) mass is 656 g/mol. The largest absolute Gasteiger partial charge is 0.480 e. The number of ether oxygens (including phenoxy) is 1. The molecule has 1 amide bonds. The number of aliphatic carboxylic acids is 1. The second kappa shape index (κ2) is 14.7. The Morgan fingerprint density at radius 1 is 0.978 bits per heavy atom. The van der Waals surface area contributed by atoms with Crippen LogP contribution in [0.15, 0.2) is 72.8 Å². The number of methoxy groups -OCH3 is 1. The summed E-state index contributed by atoms with van der Waals surface area (Å²) in [6.45, 7) is 3.03. The van der Waals surface area contributed by atoms with Gasteiger partial charge < -0.3 is 15.2 Å². The number of carboxylic acids is 1. The third kappa shape index (κ3) is 9.23. The first-order valence-corrected chi connectivity index (χ1v) is 18.4. The summed E-state index contributed by atoms with van der Waals surface area (Å²) in [5.41, 5.74) is 4.12. The summed E-state index contributed by atoms with van der Waals surface area (Å²) in [5, 5.41) is 11.6. The van der Waals surface area contributed by atoms with Gasteiger partial charge in [-0.1, -0.05) is 60.7 Å². The molecule has 3 atom stereocenters. The van der Waals surface area contributed by atoms with Crippen LogP contribution in [0.5, 0.6) is 0 Å². The van der Waals surface area contributed by atoms with Crippen LogP contribution in [-0.2, 0) is 41.5 Å². The van der Waals surface area contributed by atoms with Crippen LogP contribution in [0.4, 0.5) is 0 Å². The fourth-order valence-corrected chi connectivity index (χ4v) is 8.22. The van der Waals surface area contributed by atoms with Crippen molar-refractivity contribution in [1.29, 1.82) is 0 Å². The minimum atomic E-state index is -3.43. The highest BCUT2D eigenvalue weighted by Gasteiger charge is 2.39. The first kappa shape index (κ1) is 34.3. The molecule has 2 N–H and O–H groups in total. The number of sulfone groups is 2. The number of amides is 1. The number of aryl methyl sites for hydroxylation is 1. The molecule has 0 bridgehead atoms. The van der Waals surface area contributed by atoms with Crippen LogP contribution in [-0.4, -0.2) is 88.3 Å². The second-order valence-corrected chi connectivity index (χ2v) is 16.2. The highest BCUT2D eigenvalue weighted by atomic mass is 32.2. The molecular weight excluding hydrogens is 617 g/mol. The van der Waals surface area contributed by atoms with Crippen LogP contribution in [0.1, 0.15) is 39.9 Å². The van der Waals surface area contributed by atoms with Gasteiger partial charge in [0.05, 0.1) is 23.4 Å². The summed E-state index contributed by atoms with van der Waals surface area (Å²) in [6, 6.07) is 20.4. The van der Waals surface area contributed by atoms with Crippen LogP contribution in [0.3, 0.4) is 0 Å². The highest BCUT2D eigenvalue weighted by molar-refractivity contribution is 7.91. The van der Waals surface area contributed by atoms with Gasteiger partial charge in [-0.3, -0.25) is 9.69 Å². The van der Waals surface area contributed by atoms with Gasteiger partial charge in [-0.15, -0.1) is 0 Å². The second-order valence-electron chi connectivity index (χ2n) is 11.7. The van der Waals surface area contributed by atoms with Crippen LogP contribution < -0.4 is 5.32 Å². The van der Waals surface area contributed by atoms with E-state index in [0.717, 1.165) is 28.5 Å². The van der Waals surface area contributed by atoms with E-state index in [1.807, 2.05) is 67.6 Å². The number of nitrogens with zero attached hydrogens (tertiary/aromatic N) is 1. The van der Waals surface area contributed by atoms with Gasteiger partial charge in [-0.05, 0) is 59.7 Å². The molecule has 2 unspecified atom stereocenters. The Labute approximate surface area is 265 Å². The molecule has 0 aliphatic carbocycles. The molecule has 1 aliphatic rings. The molecule has 3 aromatic carbocycles. The van der Waals surface area contributed by atoms with Crippen LogP contribution >= 0.6 is 0 Å². The average molecular weight is 657 g/mol. The first-order chi connectivity index (χ1) is 21.3. The van der Waals surface area contributed by atoms with E-state index in [1.165, 1.54) is 0 Å². The fraction of sp³-hybridized carbons (Fsp3) is 0.394. The van der Waals surface area contributed by atoms with Crippen molar-refractivity contribution in [2.45, 2.75) is 49.4 Å². The summed E-state index contributed by atoms with van der Waals surface area (Å²) >= 11 is 0. The molecule has 0 radical (unpaired) electrons. The lowest BCUT2D eigenvalue weighted by Crippen LogP contribution is -2.42. The van der Waals surface area contributed by atoms with Crippen molar-refractivity contribution in [2.24, 2.45) is 0 Å². The van der Waals surface area contributed by atoms with Crippen molar-refractivity contribution >= 4 is 31.6 Å². The molecule has 1 aliphatic heterocycles. The Bertz CT molecular complexity index is 1730. The number of carboxylic acid groups (broad SMARTS) is 1. The number of hydrogen-bond donors (Lipinski definition) is 2. The molecule has 1 saturated heterocycles. The standard InChI is InChI=1S/C33H40N2O8S2/c1-23-9-7-8-12-28(23)30-17-25(13-14-29(30)32(36)34-31(33(37)38)15-16-44(3,39)40)19-35-20-27(18-26(35)21-43-2)45(41,42)22-24-10-5-4-6-11-24/h4-14,17,26-27,31H,15-16,18-22H2,1-3H3,(H,34,36)(H,37,38)/t26?,27-,31?/m0/s1. The van der Waals surface area contributed by atoms with E-state index in [1.54, 1.807) is 19.2 Å². The van der Waals surface area contributed by atoms with Crippen molar-refractivity contribution < 1.29 is 36.3 Å². The quantitative estimate of drug-likeness (QED) is 0.266. The maximum atomic E-state index is 13.5. The van der Waals surface area contributed by atoms with Crippen molar-refractivity contribution in [3.05, 3.63) is 95.1 Å². The average Bonchev–Trinajstić information content (AvgIpc) is 3.38. The molecular formula is C33H40N2O8S2. The van der Waals surface area contributed by atoms with Gasteiger partial charge >= 0.3 is 5.97 Å². The number of likely N-dealkylation sites (tertiary alicyclic amines) is 1. The number of carbonyl (C=O) groups excluding carboxylic acids is 1. The summed E-state index contributed by atoms with van der Waals surface area (Å²) in [7, 11) is -5.27. The lowest BCUT2D eigenvalue weighted by molar-refractivity contribution is -0.139. The summed E-state index contributed by atoms with van der Waals surface area (Å²) in [5.74, 6) is -2.37. The molecule has 242 valence electrons. The van der Waals surface area contributed by atoms with Gasteiger partial charge in [0.1, 0.15) is 15.9 Å². The van der Waals surface area contributed by atoms with Crippen molar-refractivity contribution in [3.8, 4) is 11.1 Å². The van der Waals surface area contributed by atoms with E-state index < -0.39 is 42.8 Å². The maximum Gasteiger partial charge on any atom is 0.326 e. The van der Waals surface area contributed by atoms with Crippen molar-refractivity contribution in [3.63, 3.8) is 0 Å². The molecule has 0 spiro atoms. The number of carbonyl (C=O) groups is 2. The van der Waals surface area contributed by atoms with Crippen LogP contribution in [0.2, 0.25) is 0 Å². The normalized spacial score (nSPS) is 18.0. The minimum absolute atomic E-state index is 0.0329. The van der Waals surface area contributed by atoms with Gasteiger partial charge in [-0.2, -0.15) is 0 Å². The molecule has 0 saturated carbocycles. The van der Waals surface area contributed by atoms with Gasteiger partial charge in [0.25, 0.3) is 5.91 Å². The predicted octanol–water partition coefficient (Wildman–Crippen LogP) is 3.48. The molecule has 0 aromatic heterocycles. The van der Waals surface area contributed by atoms with Gasteiger partial charge in [0.15, 0.2) is 9.84 Å². The number of nitrogens with one attached hydrogen (secondary N) is 1. The van der Waals surface area contributed by atoms with Crippen LogP contribution in [0, 0.1) is 6.92 Å². The zero-order valence-corrected chi connectivity index (χ0v) is 27.3. The summed E-state index contributed by atoms with van der Waals surface area (Å²) in [4.78, 5) is 27.4. The number of rotatable bonds is 14. The minimum Gasteiger partial charge on any atom is -0.480 e. The van der Waals surface area contributed by atoms with Gasteiger partial charge in [0.2, 0.25) is 0 Å². The van der Waals surface area contributed by atoms with Gasteiger partial charge in [-0.25, -0.2) is 21.6 Å². The molecule has 4 rings (SSSR count). The Balaban J connectivity index is 1.61. The molecule has 12 heteroatoms. The van der Waals surface area contributed by atoms with E-state index in [4.69, 9.17) is 4.74 Å². The molecule has 3 aromatic rings. The van der Waals surface area contributed by atoms with E-state index >= 15 is 0 Å². The Morgan fingerprint density at radius 2 is 1.67 bits per heavy atom. The molecule has 1 heterocycles. The Hall–Kier alpha value is -3.58. The summed E-state index contributed by atoms with van der Waals surface area (Å²) in [6.07, 6.45) is 1.20. The molecule has 45 heavy (non-hydrogen) atoms. The van der Waals surface area contributed by atoms with Gasteiger partial charge in [0, 0.05) is 38.1 Å². The van der Waals surface area contributed by atoms with Crippen LogP contribution in [0.25, 0.3) is 11.1 Å². The lowest BCUT2D eigenvalue weighted by atomic mass is 9.93. The SMILES string of the molecule is COCC1C[C@H](S(=O)(=O)Cc2ccccc2)CN1Cc1ccc(C(=O)NC(CCS(C)(=O)=O)C(=O)O)c(-c2ccccc2C)c1. The first-order valence-electron chi connectivity index (χ1n) is 14.7. The Kier molecular flexibility index (Phi) is 11.2. The zero-order valence-electron chi connectivity index (χ0n) is 25.7. The van der Waals surface area contributed by atoms with Crippen molar-refractivity contribution in [1.82, 2.24) is 10.2 Å². The highest BCUT2D eigenvalue weighted by Crippen LogP contribution is 2.31. The fourth-order valence-electron chi connectivity index (χ4n) is 5.73. The lowest BCUT2D eigenvalue weighted by Gasteiger charge is -2.24. The van der Waals surface area contributed by atoms with E-state index in [2.05, 4.69) is 10.2 Å². The van der Waals surface area contributed by atoms with E-state index in [9.17, 15) is 31.5 Å². The Morgan fingerprint density at radius 3 is 2.31 bits per heavy atom. The third-order valence-electron chi connectivity index (χ3n) is 8.10. The number of hydrogen-bond acceptors (Lipinski definition) is 8. The zero-order chi connectivity index (χ0) is 32.8. The van der Waals surface area contributed by atoms with Crippen molar-refractivity contribution in [2.75, 3.05) is 32.3 Å². The maximum absolute atomic E-state index is 13.5. The van der Waals surface area contributed by atoms with E-state index in [-0.39, 0.29) is 29.5 Å². The molecule has 1 fully saturated rings. The molecule has 10 nitrogen and oxygen atoms in total. The third-order valence-corrected chi connectivity index (χ3v) is 11.2. The predicted molar refractivity (Wildman–Crippen MR) is 173 cm³/mol. The summed E-state index contributed by atoms with van der Waals surface area (Å²) < 4.78 is 55.5. The van der Waals surface area contributed by atoms with E-state index in [0.29, 0.717) is 31.7 Å². The number of benzene rings is 3. The topological polar surface area (TPSA) is 147 Å².